The summed E-state index contributed by atoms with van der Waals surface area (Å²) in [5, 5.41) is 0. The van der Waals surface area contributed by atoms with Gasteiger partial charge in [0.1, 0.15) is 6.10 Å². The maximum Gasteiger partial charge on any atom is 0.306 e. The molecule has 2 heteroatoms. The predicted molar refractivity (Wildman–Crippen MR) is 53.9 cm³/mol. The van der Waals surface area contributed by atoms with Crippen LogP contribution in [0.2, 0.25) is 0 Å². The monoisotopic (exact) mass is 190 g/mol. The average molecular weight is 190 g/mol. The van der Waals surface area contributed by atoms with Gasteiger partial charge in [0, 0.05) is 12.8 Å². The molecule has 1 fully saturated rings. The first-order chi connectivity index (χ1) is 6.84. The minimum absolute atomic E-state index is 0.0443. The lowest BCUT2D eigenvalue weighted by Crippen LogP contribution is -2.25. The molecule has 74 valence electrons. The number of cyclic esters (lactones) is 1. The maximum atomic E-state index is 11.0. The maximum absolute atomic E-state index is 11.0. The Morgan fingerprint density at radius 2 is 2.07 bits per heavy atom. The van der Waals surface area contributed by atoms with Gasteiger partial charge in [-0.15, -0.1) is 0 Å². The topological polar surface area (TPSA) is 26.3 Å². The molecule has 1 aromatic carbocycles. The molecule has 1 aliphatic heterocycles. The van der Waals surface area contributed by atoms with Crippen LogP contribution in [0.1, 0.15) is 24.8 Å². The molecule has 0 aliphatic carbocycles. The summed E-state index contributed by atoms with van der Waals surface area (Å²) < 4.78 is 5.25. The largest absolute Gasteiger partial charge is 0.462 e. The second-order valence-corrected chi connectivity index (χ2v) is 3.69. The number of ether oxygens (including phenoxy) is 1. The van der Waals surface area contributed by atoms with E-state index in [-0.39, 0.29) is 12.1 Å². The molecule has 0 aromatic heterocycles. The number of rotatable bonds is 2. The van der Waals surface area contributed by atoms with E-state index in [9.17, 15) is 4.79 Å². The van der Waals surface area contributed by atoms with E-state index in [0.29, 0.717) is 6.42 Å². The molecule has 0 N–H and O–H groups in total. The molecule has 1 heterocycles. The summed E-state index contributed by atoms with van der Waals surface area (Å²) in [5.74, 6) is -0.0443. The quantitative estimate of drug-likeness (QED) is 0.669. The molecular weight excluding hydrogens is 176 g/mol. The van der Waals surface area contributed by atoms with Crippen molar-refractivity contribution in [3.05, 3.63) is 35.9 Å². The van der Waals surface area contributed by atoms with Gasteiger partial charge in [-0.05, 0) is 18.4 Å². The second kappa shape index (κ2) is 4.27. The minimum atomic E-state index is -0.0443. The fourth-order valence-electron chi connectivity index (χ4n) is 1.80. The molecule has 2 nitrogen and oxygen atoms in total. The van der Waals surface area contributed by atoms with E-state index >= 15 is 0 Å². The van der Waals surface area contributed by atoms with Crippen molar-refractivity contribution in [1.29, 1.82) is 0 Å². The molecule has 0 unspecified atom stereocenters. The van der Waals surface area contributed by atoms with Crippen LogP contribution in [0.15, 0.2) is 30.3 Å². The fourth-order valence-corrected chi connectivity index (χ4v) is 1.80. The molecular formula is C12H14O2. The van der Waals surface area contributed by atoms with E-state index in [0.717, 1.165) is 19.3 Å². The van der Waals surface area contributed by atoms with Crippen molar-refractivity contribution in [1.82, 2.24) is 0 Å². The Kier molecular flexibility index (Phi) is 2.82. The highest BCUT2D eigenvalue weighted by atomic mass is 16.5. The molecule has 1 saturated heterocycles. The summed E-state index contributed by atoms with van der Waals surface area (Å²) in [7, 11) is 0. The Bertz CT molecular complexity index is 305. The van der Waals surface area contributed by atoms with Crippen LogP contribution < -0.4 is 0 Å². The van der Waals surface area contributed by atoms with Crippen molar-refractivity contribution in [2.24, 2.45) is 0 Å². The molecule has 0 saturated carbocycles. The van der Waals surface area contributed by atoms with Crippen LogP contribution in [0.5, 0.6) is 0 Å². The highest BCUT2D eigenvalue weighted by Gasteiger charge is 2.20. The van der Waals surface area contributed by atoms with Crippen LogP contribution in [0.25, 0.3) is 0 Å². The van der Waals surface area contributed by atoms with Crippen LogP contribution >= 0.6 is 0 Å². The molecule has 0 radical (unpaired) electrons. The first-order valence-corrected chi connectivity index (χ1v) is 5.08. The Morgan fingerprint density at radius 1 is 1.29 bits per heavy atom. The number of esters is 1. The molecule has 0 amide bonds. The third kappa shape index (κ3) is 2.34. The van der Waals surface area contributed by atoms with Gasteiger partial charge >= 0.3 is 5.97 Å². The van der Waals surface area contributed by atoms with Crippen molar-refractivity contribution in [3.8, 4) is 0 Å². The van der Waals surface area contributed by atoms with Gasteiger partial charge in [0.2, 0.25) is 0 Å². The van der Waals surface area contributed by atoms with Gasteiger partial charge in [-0.25, -0.2) is 0 Å². The van der Waals surface area contributed by atoms with Crippen LogP contribution in [0, 0.1) is 0 Å². The average Bonchev–Trinajstić information content (AvgIpc) is 2.19. The zero-order valence-electron chi connectivity index (χ0n) is 8.11. The summed E-state index contributed by atoms with van der Waals surface area (Å²) in [4.78, 5) is 11.0. The van der Waals surface area contributed by atoms with Crippen molar-refractivity contribution < 1.29 is 9.53 Å². The van der Waals surface area contributed by atoms with Crippen molar-refractivity contribution in [3.63, 3.8) is 0 Å². The Balaban J connectivity index is 1.94. The van der Waals surface area contributed by atoms with E-state index in [2.05, 4.69) is 12.1 Å². The SMILES string of the molecule is O=C1CCC[C@H](Cc2ccccc2)O1. The summed E-state index contributed by atoms with van der Waals surface area (Å²) in [6.45, 7) is 0. The van der Waals surface area contributed by atoms with E-state index in [1.54, 1.807) is 0 Å². The van der Waals surface area contributed by atoms with Crippen LogP contribution in [0.4, 0.5) is 0 Å². The number of hydrogen-bond donors (Lipinski definition) is 0. The standard InChI is InChI=1S/C12H14O2/c13-12-8-4-7-11(14-12)9-10-5-2-1-3-6-10/h1-3,5-6,11H,4,7-9H2/t11-/m1/s1. The van der Waals surface area contributed by atoms with E-state index in [1.165, 1.54) is 5.56 Å². The summed E-state index contributed by atoms with van der Waals surface area (Å²) in [6.07, 6.45) is 3.51. The van der Waals surface area contributed by atoms with Gasteiger partial charge in [-0.2, -0.15) is 0 Å². The van der Waals surface area contributed by atoms with Crippen molar-refractivity contribution in [2.75, 3.05) is 0 Å². The van der Waals surface area contributed by atoms with Crippen molar-refractivity contribution in [2.45, 2.75) is 31.8 Å². The predicted octanol–water partition coefficient (Wildman–Crippen LogP) is 2.32. The zero-order chi connectivity index (χ0) is 9.80. The molecule has 1 atom stereocenters. The van der Waals surface area contributed by atoms with Gasteiger partial charge in [0.05, 0.1) is 0 Å². The lowest BCUT2D eigenvalue weighted by Gasteiger charge is -2.22. The molecule has 14 heavy (non-hydrogen) atoms. The normalized spacial score (nSPS) is 21.7. The molecule has 1 aliphatic rings. The second-order valence-electron chi connectivity index (χ2n) is 3.69. The Labute approximate surface area is 83.9 Å². The summed E-state index contributed by atoms with van der Waals surface area (Å²) in [5.41, 5.74) is 1.24. The van der Waals surface area contributed by atoms with Gasteiger partial charge in [-0.1, -0.05) is 30.3 Å². The summed E-state index contributed by atoms with van der Waals surface area (Å²) >= 11 is 0. The van der Waals surface area contributed by atoms with Gasteiger partial charge in [0.25, 0.3) is 0 Å². The number of benzene rings is 1. The third-order valence-corrected chi connectivity index (χ3v) is 2.51. The van der Waals surface area contributed by atoms with Crippen molar-refractivity contribution >= 4 is 5.97 Å². The zero-order valence-corrected chi connectivity index (χ0v) is 8.11. The van der Waals surface area contributed by atoms with Crippen LogP contribution in [-0.2, 0) is 16.0 Å². The highest BCUT2D eigenvalue weighted by Crippen LogP contribution is 2.17. The minimum Gasteiger partial charge on any atom is -0.462 e. The van der Waals surface area contributed by atoms with E-state index < -0.39 is 0 Å². The first kappa shape index (κ1) is 9.25. The smallest absolute Gasteiger partial charge is 0.306 e. The van der Waals surface area contributed by atoms with Gasteiger partial charge < -0.3 is 4.74 Å². The number of carbonyl (C=O) groups is 1. The number of carbonyl (C=O) groups excluding carboxylic acids is 1. The lowest BCUT2D eigenvalue weighted by atomic mass is 10.0. The first-order valence-electron chi connectivity index (χ1n) is 5.08. The van der Waals surface area contributed by atoms with Crippen LogP contribution in [-0.4, -0.2) is 12.1 Å². The third-order valence-electron chi connectivity index (χ3n) is 2.51. The lowest BCUT2D eigenvalue weighted by molar-refractivity contribution is -0.153. The molecule has 1 aromatic rings. The highest BCUT2D eigenvalue weighted by molar-refractivity contribution is 5.70. The Morgan fingerprint density at radius 3 is 2.79 bits per heavy atom. The molecule has 0 bridgehead atoms. The number of hydrogen-bond acceptors (Lipinski definition) is 2. The van der Waals surface area contributed by atoms with Crippen LogP contribution in [0.3, 0.4) is 0 Å². The Hall–Kier alpha value is -1.31. The molecule has 2 rings (SSSR count). The van der Waals surface area contributed by atoms with Gasteiger partial charge in [0.15, 0.2) is 0 Å². The summed E-state index contributed by atoms with van der Waals surface area (Å²) in [6, 6.07) is 10.2. The van der Waals surface area contributed by atoms with Gasteiger partial charge in [-0.3, -0.25) is 4.79 Å². The van der Waals surface area contributed by atoms with E-state index in [1.807, 2.05) is 18.2 Å². The fraction of sp³-hybridized carbons (Fsp3) is 0.417. The van der Waals surface area contributed by atoms with E-state index in [4.69, 9.17) is 4.74 Å². The molecule has 0 spiro atoms.